The lowest BCUT2D eigenvalue weighted by atomic mass is 10.0. The maximum atomic E-state index is 10.7. The minimum absolute atomic E-state index is 0. The van der Waals surface area contributed by atoms with E-state index in [0.717, 1.165) is 30.4 Å². The summed E-state index contributed by atoms with van der Waals surface area (Å²) in [7, 11) is 5.19. The summed E-state index contributed by atoms with van der Waals surface area (Å²) in [6, 6.07) is 5.39. The molecule has 2 aromatic rings. The van der Waals surface area contributed by atoms with E-state index < -0.39 is 6.10 Å². The van der Waals surface area contributed by atoms with E-state index in [1.165, 1.54) is 23.4 Å². The highest BCUT2D eigenvalue weighted by atomic mass is 127. The molecule has 31 heavy (non-hydrogen) atoms. The van der Waals surface area contributed by atoms with Gasteiger partial charge in [0.25, 0.3) is 0 Å². The molecule has 0 amide bonds. The van der Waals surface area contributed by atoms with Crippen LogP contribution in [0.3, 0.4) is 0 Å². The van der Waals surface area contributed by atoms with Gasteiger partial charge < -0.3 is 24.8 Å². The Kier molecular flexibility index (Phi) is 10.3. The van der Waals surface area contributed by atoms with Crippen LogP contribution in [0.1, 0.15) is 47.0 Å². The number of fused-ring (bicyclic) bond motifs is 1. The molecule has 0 saturated carbocycles. The Morgan fingerprint density at radius 1 is 1.23 bits per heavy atom. The van der Waals surface area contributed by atoms with E-state index in [9.17, 15) is 5.11 Å². The van der Waals surface area contributed by atoms with Gasteiger partial charge in [-0.25, -0.2) is 4.98 Å². The predicted octanol–water partition coefficient (Wildman–Crippen LogP) is 3.79. The van der Waals surface area contributed by atoms with Crippen molar-refractivity contribution in [2.75, 3.05) is 34.4 Å². The number of halogens is 1. The van der Waals surface area contributed by atoms with Gasteiger partial charge in [-0.15, -0.1) is 35.3 Å². The van der Waals surface area contributed by atoms with Crippen LogP contribution in [-0.2, 0) is 19.4 Å². The fourth-order valence-corrected chi connectivity index (χ4v) is 4.73. The van der Waals surface area contributed by atoms with E-state index >= 15 is 0 Å². The third-order valence-electron chi connectivity index (χ3n) is 5.13. The molecule has 0 fully saturated rings. The van der Waals surface area contributed by atoms with Gasteiger partial charge in [0.05, 0.1) is 39.1 Å². The van der Waals surface area contributed by atoms with E-state index in [1.807, 2.05) is 25.3 Å². The van der Waals surface area contributed by atoms with Crippen LogP contribution in [0.15, 0.2) is 23.2 Å². The number of benzene rings is 1. The van der Waals surface area contributed by atoms with Gasteiger partial charge in [0.2, 0.25) is 0 Å². The first kappa shape index (κ1) is 25.7. The van der Waals surface area contributed by atoms with Crippen LogP contribution in [0, 0.1) is 0 Å². The summed E-state index contributed by atoms with van der Waals surface area (Å²) in [5.74, 6) is 2.04. The summed E-state index contributed by atoms with van der Waals surface area (Å²) in [6.07, 6.45) is 3.99. The third-order valence-corrected chi connectivity index (χ3v) is 6.27. The minimum Gasteiger partial charge on any atom is -0.497 e. The number of aliphatic hydroxyl groups excluding tert-OH is 1. The number of nitrogens with zero attached hydrogens (tertiary/aromatic N) is 3. The number of aromatic nitrogens is 1. The van der Waals surface area contributed by atoms with Gasteiger partial charge in [0, 0.05) is 24.5 Å². The SMILES string of the molecule is CCNC(=NCC(O)c1cc(OC)cc(OC)c1)N(C)Cc1nc2c(s1)CCCC2.I. The fraction of sp³-hybridized carbons (Fsp3) is 0.545. The minimum atomic E-state index is -0.761. The molecule has 1 aliphatic carbocycles. The Morgan fingerprint density at radius 3 is 2.52 bits per heavy atom. The number of hydrogen-bond acceptors (Lipinski definition) is 6. The predicted molar refractivity (Wildman–Crippen MR) is 136 cm³/mol. The summed E-state index contributed by atoms with van der Waals surface area (Å²) in [4.78, 5) is 13.0. The van der Waals surface area contributed by atoms with E-state index in [2.05, 4.69) is 15.2 Å². The second kappa shape index (κ2) is 12.4. The molecule has 0 spiro atoms. The quantitative estimate of drug-likeness (QED) is 0.291. The van der Waals surface area contributed by atoms with Crippen molar-refractivity contribution < 1.29 is 14.6 Å². The van der Waals surface area contributed by atoms with Gasteiger partial charge in [-0.3, -0.25) is 4.99 Å². The van der Waals surface area contributed by atoms with Crippen LogP contribution in [0.4, 0.5) is 0 Å². The van der Waals surface area contributed by atoms with Crippen LogP contribution in [0.25, 0.3) is 0 Å². The lowest BCUT2D eigenvalue weighted by Gasteiger charge is -2.21. The number of aryl methyl sites for hydroxylation is 2. The molecule has 0 bridgehead atoms. The molecule has 1 aromatic heterocycles. The van der Waals surface area contributed by atoms with E-state index in [-0.39, 0.29) is 30.5 Å². The Bertz CT molecular complexity index is 829. The average Bonchev–Trinajstić information content (AvgIpc) is 3.18. The van der Waals surface area contributed by atoms with E-state index in [1.54, 1.807) is 32.4 Å². The van der Waals surface area contributed by atoms with Gasteiger partial charge in [0.15, 0.2) is 5.96 Å². The topological polar surface area (TPSA) is 79.2 Å². The average molecular weight is 561 g/mol. The highest BCUT2D eigenvalue weighted by Gasteiger charge is 2.17. The van der Waals surface area contributed by atoms with Crippen LogP contribution >= 0.6 is 35.3 Å². The summed E-state index contributed by atoms with van der Waals surface area (Å²) >= 11 is 1.82. The largest absolute Gasteiger partial charge is 0.497 e. The molecule has 1 unspecified atom stereocenters. The van der Waals surface area contributed by atoms with Gasteiger partial charge >= 0.3 is 0 Å². The van der Waals surface area contributed by atoms with Gasteiger partial charge in [-0.2, -0.15) is 0 Å². The molecule has 0 saturated heterocycles. The number of ether oxygens (including phenoxy) is 2. The van der Waals surface area contributed by atoms with E-state index in [0.29, 0.717) is 23.6 Å². The number of rotatable bonds is 8. The summed E-state index contributed by atoms with van der Waals surface area (Å²) in [6.45, 7) is 3.72. The molecule has 1 atom stereocenters. The number of nitrogens with one attached hydrogen (secondary N) is 1. The van der Waals surface area contributed by atoms with Crippen molar-refractivity contribution >= 4 is 41.3 Å². The number of thiazole rings is 1. The number of methoxy groups -OCH3 is 2. The van der Waals surface area contributed by atoms with Crippen molar-refractivity contribution in [2.45, 2.75) is 45.3 Å². The Morgan fingerprint density at radius 2 is 1.90 bits per heavy atom. The standard InChI is InChI=1S/C22H32N4O3S.HI/c1-5-23-22(26(2)14-21-25-18-8-6-7-9-20(18)30-21)24-13-19(27)15-10-16(28-3)12-17(11-15)29-4;/h10-12,19,27H,5-9,13-14H2,1-4H3,(H,23,24);1H. The third kappa shape index (κ3) is 6.95. The Labute approximate surface area is 205 Å². The molecule has 0 radical (unpaired) electrons. The van der Waals surface area contributed by atoms with Crippen LogP contribution < -0.4 is 14.8 Å². The zero-order valence-electron chi connectivity index (χ0n) is 18.7. The fourth-order valence-electron chi connectivity index (χ4n) is 3.52. The van der Waals surface area contributed by atoms with Gasteiger partial charge in [-0.1, -0.05) is 0 Å². The zero-order valence-corrected chi connectivity index (χ0v) is 21.8. The number of aliphatic imine (C=N–C) groups is 1. The lowest BCUT2D eigenvalue weighted by molar-refractivity contribution is 0.185. The van der Waals surface area contributed by atoms with Crippen molar-refractivity contribution in [1.82, 2.24) is 15.2 Å². The van der Waals surface area contributed by atoms with Crippen molar-refractivity contribution in [1.29, 1.82) is 0 Å². The van der Waals surface area contributed by atoms with Crippen molar-refractivity contribution in [3.63, 3.8) is 0 Å². The molecule has 9 heteroatoms. The molecular formula is C22H33IN4O3S. The van der Waals surface area contributed by atoms with Crippen molar-refractivity contribution in [3.05, 3.63) is 39.3 Å². The van der Waals surface area contributed by atoms with E-state index in [4.69, 9.17) is 14.5 Å². The first-order valence-electron chi connectivity index (χ1n) is 10.4. The van der Waals surface area contributed by atoms with Crippen LogP contribution in [0.5, 0.6) is 11.5 Å². The van der Waals surface area contributed by atoms with Crippen molar-refractivity contribution in [2.24, 2.45) is 4.99 Å². The lowest BCUT2D eigenvalue weighted by Crippen LogP contribution is -2.38. The molecule has 3 rings (SSSR count). The molecule has 0 aliphatic heterocycles. The second-order valence-electron chi connectivity index (χ2n) is 7.40. The van der Waals surface area contributed by atoms with Crippen LogP contribution in [0.2, 0.25) is 0 Å². The molecule has 1 aromatic carbocycles. The summed E-state index contributed by atoms with van der Waals surface area (Å²) in [5.41, 5.74) is 1.99. The Balaban J connectivity index is 0.00000341. The summed E-state index contributed by atoms with van der Waals surface area (Å²) in [5, 5.41) is 15.1. The molecule has 7 nitrogen and oxygen atoms in total. The summed E-state index contributed by atoms with van der Waals surface area (Å²) < 4.78 is 10.6. The number of guanidine groups is 1. The number of hydrogen-bond donors (Lipinski definition) is 2. The highest BCUT2D eigenvalue weighted by molar-refractivity contribution is 14.0. The maximum absolute atomic E-state index is 10.7. The zero-order chi connectivity index (χ0) is 21.5. The molecule has 2 N–H and O–H groups in total. The smallest absolute Gasteiger partial charge is 0.194 e. The van der Waals surface area contributed by atoms with Gasteiger partial charge in [-0.05, 0) is 50.3 Å². The first-order chi connectivity index (χ1) is 14.5. The molecule has 172 valence electrons. The normalized spacial score (nSPS) is 14.3. The van der Waals surface area contributed by atoms with Crippen molar-refractivity contribution in [3.8, 4) is 11.5 Å². The Hall–Kier alpha value is -1.59. The monoisotopic (exact) mass is 560 g/mol. The maximum Gasteiger partial charge on any atom is 0.194 e. The number of aliphatic hydroxyl groups is 1. The second-order valence-corrected chi connectivity index (χ2v) is 8.57. The molecule has 1 heterocycles. The van der Waals surface area contributed by atoms with Crippen LogP contribution in [-0.4, -0.2) is 55.3 Å². The first-order valence-corrected chi connectivity index (χ1v) is 11.2. The molecule has 1 aliphatic rings. The molecular weight excluding hydrogens is 527 g/mol. The van der Waals surface area contributed by atoms with Gasteiger partial charge in [0.1, 0.15) is 16.5 Å². The highest BCUT2D eigenvalue weighted by Crippen LogP contribution is 2.28.